The van der Waals surface area contributed by atoms with Gasteiger partial charge in [0.1, 0.15) is 11.9 Å². The number of halogens is 1. The van der Waals surface area contributed by atoms with E-state index < -0.39 is 0 Å². The van der Waals surface area contributed by atoms with Crippen LogP contribution < -0.4 is 10.6 Å². The summed E-state index contributed by atoms with van der Waals surface area (Å²) in [7, 11) is 0. The van der Waals surface area contributed by atoms with Crippen LogP contribution in [0.25, 0.3) is 0 Å². The molecule has 1 fully saturated rings. The van der Waals surface area contributed by atoms with E-state index in [9.17, 15) is 9.18 Å². The van der Waals surface area contributed by atoms with Gasteiger partial charge in [-0.15, -0.1) is 0 Å². The maximum atomic E-state index is 13.4. The van der Waals surface area contributed by atoms with Crippen LogP contribution in [0.5, 0.6) is 0 Å². The number of aryl methyl sites for hydroxylation is 1. The van der Waals surface area contributed by atoms with Crippen LogP contribution in [0.1, 0.15) is 24.8 Å². The van der Waals surface area contributed by atoms with Gasteiger partial charge in [0.15, 0.2) is 0 Å². The van der Waals surface area contributed by atoms with Crippen LogP contribution in [0.4, 0.5) is 10.1 Å². The molecule has 1 aromatic carbocycles. The summed E-state index contributed by atoms with van der Waals surface area (Å²) in [5.41, 5.74) is 1.27. The molecule has 1 heterocycles. The van der Waals surface area contributed by atoms with Crippen LogP contribution in [0.3, 0.4) is 0 Å². The third kappa shape index (κ3) is 2.96. The normalized spacial score (nSPS) is 20.6. The van der Waals surface area contributed by atoms with E-state index in [2.05, 4.69) is 10.6 Å². The fourth-order valence-corrected chi connectivity index (χ4v) is 1.96. The van der Waals surface area contributed by atoms with Gasteiger partial charge in [0, 0.05) is 12.2 Å². The molecule has 1 aliphatic heterocycles. The van der Waals surface area contributed by atoms with Crippen LogP contribution in [-0.4, -0.2) is 18.5 Å². The smallest absolute Gasteiger partial charge is 0.242 e. The van der Waals surface area contributed by atoms with Gasteiger partial charge in [0.25, 0.3) is 0 Å². The second-order valence-electron chi connectivity index (χ2n) is 4.45. The number of anilines is 1. The van der Waals surface area contributed by atoms with Gasteiger partial charge in [-0.1, -0.05) is 6.07 Å². The molecule has 17 heavy (non-hydrogen) atoms. The fourth-order valence-electron chi connectivity index (χ4n) is 1.96. The van der Waals surface area contributed by atoms with Gasteiger partial charge in [-0.3, -0.25) is 4.79 Å². The standard InChI is InChI=1S/C13H17FN2O/c1-9-5-6-10(8-11(9)14)16-12-4-2-3-7-15-13(12)17/h5-6,8,12,16H,2-4,7H2,1H3,(H,15,17). The summed E-state index contributed by atoms with van der Waals surface area (Å²) in [6, 6.07) is 4.70. The summed E-state index contributed by atoms with van der Waals surface area (Å²) in [5.74, 6) is -0.243. The Balaban J connectivity index is 2.08. The lowest BCUT2D eigenvalue weighted by atomic mass is 10.1. The van der Waals surface area contributed by atoms with Crippen molar-refractivity contribution in [2.75, 3.05) is 11.9 Å². The Bertz CT molecular complexity index is 420. The van der Waals surface area contributed by atoms with Crippen molar-refractivity contribution in [3.05, 3.63) is 29.6 Å². The van der Waals surface area contributed by atoms with Gasteiger partial charge >= 0.3 is 0 Å². The average Bonchev–Trinajstić information content (AvgIpc) is 2.50. The Morgan fingerprint density at radius 2 is 2.24 bits per heavy atom. The van der Waals surface area contributed by atoms with Gasteiger partial charge < -0.3 is 10.6 Å². The number of carbonyl (C=O) groups excluding carboxylic acids is 1. The Hall–Kier alpha value is -1.58. The van der Waals surface area contributed by atoms with Crippen molar-refractivity contribution in [3.8, 4) is 0 Å². The number of nitrogens with one attached hydrogen (secondary N) is 2. The van der Waals surface area contributed by atoms with Crippen molar-refractivity contribution < 1.29 is 9.18 Å². The minimum Gasteiger partial charge on any atom is -0.374 e. The molecule has 92 valence electrons. The highest BCUT2D eigenvalue weighted by molar-refractivity contribution is 5.84. The van der Waals surface area contributed by atoms with Crippen molar-refractivity contribution in [1.29, 1.82) is 0 Å². The first-order valence-electron chi connectivity index (χ1n) is 5.97. The zero-order valence-corrected chi connectivity index (χ0v) is 9.92. The predicted molar refractivity (Wildman–Crippen MR) is 65.4 cm³/mol. The molecule has 1 unspecified atom stereocenters. The number of rotatable bonds is 2. The molecule has 0 aromatic heterocycles. The fraction of sp³-hybridized carbons (Fsp3) is 0.462. The van der Waals surface area contributed by atoms with E-state index >= 15 is 0 Å². The topological polar surface area (TPSA) is 41.1 Å². The van der Waals surface area contributed by atoms with Crippen molar-refractivity contribution in [1.82, 2.24) is 5.32 Å². The summed E-state index contributed by atoms with van der Waals surface area (Å²) in [5, 5.41) is 5.93. The zero-order chi connectivity index (χ0) is 12.3. The molecule has 1 saturated heterocycles. The summed E-state index contributed by atoms with van der Waals surface area (Å²) in [6.07, 6.45) is 2.80. The first kappa shape index (κ1) is 11.9. The molecule has 1 amide bonds. The molecule has 2 rings (SSSR count). The number of hydrogen-bond donors (Lipinski definition) is 2. The molecule has 1 atom stereocenters. The van der Waals surface area contributed by atoms with Crippen LogP contribution in [0, 0.1) is 12.7 Å². The molecule has 0 spiro atoms. The van der Waals surface area contributed by atoms with Gasteiger partial charge in [-0.25, -0.2) is 4.39 Å². The van der Waals surface area contributed by atoms with Crippen LogP contribution in [0.15, 0.2) is 18.2 Å². The lowest BCUT2D eigenvalue weighted by molar-refractivity contribution is -0.121. The summed E-state index contributed by atoms with van der Waals surface area (Å²) >= 11 is 0. The molecule has 0 bridgehead atoms. The van der Waals surface area contributed by atoms with Crippen molar-refractivity contribution in [2.24, 2.45) is 0 Å². The third-order valence-electron chi connectivity index (χ3n) is 3.05. The van der Waals surface area contributed by atoms with Gasteiger partial charge in [-0.2, -0.15) is 0 Å². The number of benzene rings is 1. The molecule has 1 aromatic rings. The van der Waals surface area contributed by atoms with E-state index in [0.717, 1.165) is 25.8 Å². The minimum absolute atomic E-state index is 0.00323. The zero-order valence-electron chi connectivity index (χ0n) is 9.92. The molecule has 2 N–H and O–H groups in total. The predicted octanol–water partition coefficient (Wildman–Crippen LogP) is 2.21. The van der Waals surface area contributed by atoms with E-state index in [1.165, 1.54) is 6.07 Å². The molecular formula is C13H17FN2O. The van der Waals surface area contributed by atoms with Crippen molar-refractivity contribution >= 4 is 11.6 Å². The summed E-state index contributed by atoms with van der Waals surface area (Å²) in [6.45, 7) is 2.46. The Kier molecular flexibility index (Phi) is 3.61. The molecule has 4 heteroatoms. The summed E-state index contributed by atoms with van der Waals surface area (Å²) in [4.78, 5) is 11.7. The Morgan fingerprint density at radius 3 is 3.00 bits per heavy atom. The van der Waals surface area contributed by atoms with Crippen molar-refractivity contribution in [3.63, 3.8) is 0 Å². The minimum atomic E-state index is -0.250. The largest absolute Gasteiger partial charge is 0.374 e. The molecular weight excluding hydrogens is 219 g/mol. The second-order valence-corrected chi connectivity index (χ2v) is 4.45. The van der Waals surface area contributed by atoms with E-state index in [1.807, 2.05) is 0 Å². The highest BCUT2D eigenvalue weighted by Crippen LogP contribution is 2.17. The van der Waals surface area contributed by atoms with Crippen molar-refractivity contribution in [2.45, 2.75) is 32.2 Å². The lowest BCUT2D eigenvalue weighted by Gasteiger charge is -2.16. The van der Waals surface area contributed by atoms with E-state index in [4.69, 9.17) is 0 Å². The SMILES string of the molecule is Cc1ccc(NC2CCCCNC2=O)cc1F. The quantitative estimate of drug-likeness (QED) is 0.826. The van der Waals surface area contributed by atoms with Crippen LogP contribution in [0.2, 0.25) is 0 Å². The molecule has 1 aliphatic rings. The number of amides is 1. The Morgan fingerprint density at radius 1 is 1.41 bits per heavy atom. The lowest BCUT2D eigenvalue weighted by Crippen LogP contribution is -2.37. The molecule has 0 saturated carbocycles. The molecule has 0 radical (unpaired) electrons. The van der Waals surface area contributed by atoms with Crippen LogP contribution in [-0.2, 0) is 4.79 Å². The maximum absolute atomic E-state index is 13.4. The summed E-state index contributed by atoms with van der Waals surface area (Å²) < 4.78 is 13.4. The van der Waals surface area contributed by atoms with Gasteiger partial charge in [0.2, 0.25) is 5.91 Å². The highest BCUT2D eigenvalue weighted by Gasteiger charge is 2.20. The second kappa shape index (κ2) is 5.17. The highest BCUT2D eigenvalue weighted by atomic mass is 19.1. The van der Waals surface area contributed by atoms with Gasteiger partial charge in [0.05, 0.1) is 0 Å². The number of carbonyl (C=O) groups is 1. The molecule has 3 nitrogen and oxygen atoms in total. The van der Waals surface area contributed by atoms with Crippen LogP contribution >= 0.6 is 0 Å². The average molecular weight is 236 g/mol. The monoisotopic (exact) mass is 236 g/mol. The number of hydrogen-bond acceptors (Lipinski definition) is 2. The van der Waals surface area contributed by atoms with E-state index in [1.54, 1.807) is 19.1 Å². The first-order chi connectivity index (χ1) is 8.16. The Labute approximate surface area is 100 Å². The third-order valence-corrected chi connectivity index (χ3v) is 3.05. The van der Waals surface area contributed by atoms with Gasteiger partial charge in [-0.05, 0) is 43.9 Å². The maximum Gasteiger partial charge on any atom is 0.242 e. The first-order valence-corrected chi connectivity index (χ1v) is 5.97. The van der Waals surface area contributed by atoms with E-state index in [-0.39, 0.29) is 17.8 Å². The van der Waals surface area contributed by atoms with E-state index in [0.29, 0.717) is 11.3 Å². The molecule has 0 aliphatic carbocycles.